The van der Waals surface area contributed by atoms with Gasteiger partial charge in [-0.1, -0.05) is 0 Å². The summed E-state index contributed by atoms with van der Waals surface area (Å²) >= 11 is 3.34. The number of aliphatic carboxylic acids is 1. The molecule has 1 aliphatic rings. The lowest BCUT2D eigenvalue weighted by Crippen LogP contribution is -1.80. The first-order valence-corrected chi connectivity index (χ1v) is 6.05. The summed E-state index contributed by atoms with van der Waals surface area (Å²) in [6, 6.07) is 1.98. The van der Waals surface area contributed by atoms with E-state index < -0.39 is 5.97 Å². The molecule has 5 heteroatoms. The first kappa shape index (κ1) is 12.0. The summed E-state index contributed by atoms with van der Waals surface area (Å²) in [5.41, 5.74) is 1.30. The highest BCUT2D eigenvalue weighted by Crippen LogP contribution is 2.31. The van der Waals surface area contributed by atoms with Crippen LogP contribution in [0.15, 0.2) is 11.5 Å². The molecule has 0 spiro atoms. The van der Waals surface area contributed by atoms with Crippen molar-refractivity contribution >= 4 is 41.4 Å². The number of thiophene rings is 1. The summed E-state index contributed by atoms with van der Waals surface area (Å²) < 4.78 is 0. The average molecular weight is 242 g/mol. The molecule has 0 aromatic carbocycles. The molecule has 2 rings (SSSR count). The zero-order valence-corrected chi connectivity index (χ0v) is 9.73. The zero-order chi connectivity index (χ0) is 11.3. The van der Waals surface area contributed by atoms with Crippen LogP contribution in [0.1, 0.15) is 27.0 Å². The predicted octanol–water partition coefficient (Wildman–Crippen LogP) is 2.87. The molecule has 0 saturated heterocycles. The van der Waals surface area contributed by atoms with E-state index in [0.717, 1.165) is 23.8 Å². The van der Waals surface area contributed by atoms with Crippen LogP contribution in [0.3, 0.4) is 0 Å². The van der Waals surface area contributed by atoms with Crippen LogP contribution in [0, 0.1) is 0 Å². The molecular weight excluding hydrogens is 232 g/mol. The highest BCUT2D eigenvalue weighted by atomic mass is 32.2. The molecule has 0 atom stereocenters. The van der Waals surface area contributed by atoms with Crippen molar-refractivity contribution in [3.05, 3.63) is 26.8 Å². The summed E-state index contributed by atoms with van der Waals surface area (Å²) in [4.78, 5) is 21.5. The standard InChI is InChI=1S/C8H6OS2.C2H4O2/c9-4-7-3-6-5-10-2-1-8(6)11-7;1-2(3)4/h1-4H,5H2;1H3,(H,3,4). The number of carboxylic acids is 1. The molecule has 0 radical (unpaired) electrons. The Bertz CT molecular complexity index is 389. The fraction of sp³-hybridized carbons (Fsp3) is 0.200. The Hall–Kier alpha value is -1.07. The lowest BCUT2D eigenvalue weighted by atomic mass is 10.2. The monoisotopic (exact) mass is 242 g/mol. The van der Waals surface area contributed by atoms with Crippen LogP contribution in [0.25, 0.3) is 6.08 Å². The van der Waals surface area contributed by atoms with Crippen LogP contribution < -0.4 is 0 Å². The lowest BCUT2D eigenvalue weighted by Gasteiger charge is -2.00. The van der Waals surface area contributed by atoms with Crippen molar-refractivity contribution in [1.82, 2.24) is 0 Å². The molecule has 0 bridgehead atoms. The van der Waals surface area contributed by atoms with Gasteiger partial charge >= 0.3 is 0 Å². The van der Waals surface area contributed by atoms with E-state index in [9.17, 15) is 4.79 Å². The minimum Gasteiger partial charge on any atom is -0.481 e. The van der Waals surface area contributed by atoms with E-state index in [-0.39, 0.29) is 0 Å². The van der Waals surface area contributed by atoms with E-state index in [0.29, 0.717) is 0 Å². The molecule has 1 aromatic rings. The Morgan fingerprint density at radius 3 is 2.80 bits per heavy atom. The number of hydrogen-bond acceptors (Lipinski definition) is 4. The minimum atomic E-state index is -0.833. The summed E-state index contributed by atoms with van der Waals surface area (Å²) in [5, 5.41) is 9.49. The maximum Gasteiger partial charge on any atom is 0.300 e. The van der Waals surface area contributed by atoms with Crippen LogP contribution >= 0.6 is 23.1 Å². The van der Waals surface area contributed by atoms with Crippen molar-refractivity contribution < 1.29 is 14.7 Å². The third-order valence-corrected chi connectivity index (χ3v) is 3.41. The molecule has 2 heterocycles. The van der Waals surface area contributed by atoms with Crippen molar-refractivity contribution in [3.8, 4) is 0 Å². The number of aldehydes is 1. The highest BCUT2D eigenvalue weighted by Gasteiger charge is 2.08. The van der Waals surface area contributed by atoms with Gasteiger partial charge in [-0.15, -0.1) is 23.1 Å². The fourth-order valence-corrected chi connectivity index (χ4v) is 2.85. The Balaban J connectivity index is 0.000000245. The van der Waals surface area contributed by atoms with Gasteiger partial charge in [0.2, 0.25) is 0 Å². The highest BCUT2D eigenvalue weighted by molar-refractivity contribution is 8.01. The second kappa shape index (κ2) is 5.72. The smallest absolute Gasteiger partial charge is 0.300 e. The Morgan fingerprint density at radius 2 is 2.27 bits per heavy atom. The largest absolute Gasteiger partial charge is 0.481 e. The number of carboxylic acid groups (broad SMARTS) is 1. The van der Waals surface area contributed by atoms with Gasteiger partial charge in [-0.3, -0.25) is 9.59 Å². The van der Waals surface area contributed by atoms with E-state index in [2.05, 4.69) is 11.5 Å². The van der Waals surface area contributed by atoms with Crippen molar-refractivity contribution in [2.24, 2.45) is 0 Å². The number of hydrogen-bond donors (Lipinski definition) is 1. The van der Waals surface area contributed by atoms with Gasteiger partial charge in [-0.05, 0) is 23.1 Å². The van der Waals surface area contributed by atoms with E-state index in [1.807, 2.05) is 6.07 Å². The van der Waals surface area contributed by atoms with Crippen LogP contribution in [-0.4, -0.2) is 17.4 Å². The van der Waals surface area contributed by atoms with Gasteiger partial charge < -0.3 is 5.11 Å². The van der Waals surface area contributed by atoms with E-state index in [4.69, 9.17) is 9.90 Å². The van der Waals surface area contributed by atoms with Crippen LogP contribution in [-0.2, 0) is 10.5 Å². The van der Waals surface area contributed by atoms with E-state index in [1.165, 1.54) is 10.4 Å². The normalized spacial score (nSPS) is 12.3. The lowest BCUT2D eigenvalue weighted by molar-refractivity contribution is -0.134. The SMILES string of the molecule is CC(=O)O.O=Cc1cc2c(s1)C=CSC2. The van der Waals surface area contributed by atoms with Crippen molar-refractivity contribution in [3.63, 3.8) is 0 Å². The number of carbonyl (C=O) groups excluding carboxylic acids is 1. The van der Waals surface area contributed by atoms with Gasteiger partial charge in [-0.2, -0.15) is 0 Å². The second-order valence-electron chi connectivity index (χ2n) is 2.79. The van der Waals surface area contributed by atoms with Crippen molar-refractivity contribution in [1.29, 1.82) is 0 Å². The molecule has 3 nitrogen and oxygen atoms in total. The Morgan fingerprint density at radius 1 is 1.60 bits per heavy atom. The van der Waals surface area contributed by atoms with Gasteiger partial charge in [-0.25, -0.2) is 0 Å². The quantitative estimate of drug-likeness (QED) is 0.769. The maximum absolute atomic E-state index is 10.4. The third kappa shape index (κ3) is 3.89. The van der Waals surface area contributed by atoms with Gasteiger partial charge in [0, 0.05) is 17.6 Å². The molecular formula is C10H10O3S2. The van der Waals surface area contributed by atoms with E-state index in [1.54, 1.807) is 23.1 Å². The summed E-state index contributed by atoms with van der Waals surface area (Å²) in [6.07, 6.45) is 2.99. The van der Waals surface area contributed by atoms with E-state index >= 15 is 0 Å². The molecule has 1 aliphatic heterocycles. The van der Waals surface area contributed by atoms with Gasteiger partial charge in [0.1, 0.15) is 0 Å². The van der Waals surface area contributed by atoms with Crippen molar-refractivity contribution in [2.75, 3.05) is 0 Å². The molecule has 1 aromatic heterocycles. The van der Waals surface area contributed by atoms with Gasteiger partial charge in [0.15, 0.2) is 6.29 Å². The number of carbonyl (C=O) groups is 2. The zero-order valence-electron chi connectivity index (χ0n) is 8.10. The minimum absolute atomic E-state index is 0.833. The third-order valence-electron chi connectivity index (χ3n) is 1.53. The van der Waals surface area contributed by atoms with Gasteiger partial charge in [0.05, 0.1) is 4.88 Å². The Kier molecular flexibility index (Phi) is 4.58. The molecule has 15 heavy (non-hydrogen) atoms. The molecule has 1 N–H and O–H groups in total. The number of rotatable bonds is 1. The topological polar surface area (TPSA) is 54.4 Å². The van der Waals surface area contributed by atoms with Crippen LogP contribution in [0.5, 0.6) is 0 Å². The molecule has 0 unspecified atom stereocenters. The average Bonchev–Trinajstić information content (AvgIpc) is 2.59. The maximum atomic E-state index is 10.4. The molecule has 0 amide bonds. The summed E-state index contributed by atoms with van der Waals surface area (Å²) in [5.74, 6) is 0.177. The first-order chi connectivity index (χ1) is 7.13. The predicted molar refractivity (Wildman–Crippen MR) is 63.3 cm³/mol. The van der Waals surface area contributed by atoms with Crippen molar-refractivity contribution in [2.45, 2.75) is 12.7 Å². The van der Waals surface area contributed by atoms with Gasteiger partial charge in [0.25, 0.3) is 5.97 Å². The molecule has 0 saturated carbocycles. The second-order valence-corrected chi connectivity index (χ2v) is 4.80. The first-order valence-electron chi connectivity index (χ1n) is 4.19. The van der Waals surface area contributed by atoms with Crippen LogP contribution in [0.2, 0.25) is 0 Å². The molecule has 0 aliphatic carbocycles. The Labute approximate surface area is 95.8 Å². The molecule has 0 fully saturated rings. The molecule has 80 valence electrons. The fourth-order valence-electron chi connectivity index (χ4n) is 1.02. The summed E-state index contributed by atoms with van der Waals surface area (Å²) in [7, 11) is 0. The van der Waals surface area contributed by atoms with Crippen LogP contribution in [0.4, 0.5) is 0 Å². The number of thioether (sulfide) groups is 1. The summed E-state index contributed by atoms with van der Waals surface area (Å²) in [6.45, 7) is 1.08. The number of fused-ring (bicyclic) bond motifs is 1.